The van der Waals surface area contributed by atoms with Crippen molar-refractivity contribution in [2.45, 2.75) is 25.7 Å². The van der Waals surface area contributed by atoms with Gasteiger partial charge in [0.05, 0.1) is 11.1 Å². The number of aromatic nitrogens is 2. The van der Waals surface area contributed by atoms with Crippen LogP contribution in [0.3, 0.4) is 0 Å². The SMILES string of the molecule is NCC1CCCC(CNc2nc(C=Cc3cccc(C(=O)O)c3)nc3ccccc23)C1. The van der Waals surface area contributed by atoms with Gasteiger partial charge in [-0.3, -0.25) is 0 Å². The summed E-state index contributed by atoms with van der Waals surface area (Å²) in [6.07, 6.45) is 8.53. The van der Waals surface area contributed by atoms with Crippen molar-refractivity contribution in [1.82, 2.24) is 9.97 Å². The standard InChI is InChI=1S/C25H28N4O2/c26-15-18-6-3-7-19(13-18)16-27-24-21-9-1-2-10-22(21)28-23(29-24)12-11-17-5-4-8-20(14-17)25(30)31/h1-2,4-5,8-12,14,18-19H,3,6-7,13,15-16,26H2,(H,30,31)(H,27,28,29). The lowest BCUT2D eigenvalue weighted by atomic mass is 9.81. The van der Waals surface area contributed by atoms with Crippen LogP contribution in [0.15, 0.2) is 48.5 Å². The number of fused-ring (bicyclic) bond motifs is 1. The van der Waals surface area contributed by atoms with E-state index in [1.54, 1.807) is 18.2 Å². The maximum Gasteiger partial charge on any atom is 0.335 e. The fourth-order valence-corrected chi connectivity index (χ4v) is 4.29. The molecule has 2 atom stereocenters. The molecular weight excluding hydrogens is 388 g/mol. The van der Waals surface area contributed by atoms with Crippen molar-refractivity contribution in [3.8, 4) is 0 Å². The quantitative estimate of drug-likeness (QED) is 0.517. The molecule has 4 N–H and O–H groups in total. The Bertz CT molecular complexity index is 1100. The zero-order chi connectivity index (χ0) is 21.6. The largest absolute Gasteiger partial charge is 0.478 e. The number of anilines is 1. The molecule has 0 bridgehead atoms. The Hall–Kier alpha value is -3.25. The Balaban J connectivity index is 1.56. The molecule has 1 aromatic heterocycles. The Kier molecular flexibility index (Phi) is 6.57. The predicted octanol–water partition coefficient (Wildman–Crippen LogP) is 4.68. The molecule has 0 aliphatic heterocycles. The van der Waals surface area contributed by atoms with Gasteiger partial charge in [-0.05, 0) is 73.5 Å². The van der Waals surface area contributed by atoms with Crippen LogP contribution in [0.5, 0.6) is 0 Å². The second-order valence-corrected chi connectivity index (χ2v) is 8.23. The van der Waals surface area contributed by atoms with Crippen LogP contribution in [0.1, 0.15) is 47.4 Å². The molecule has 2 unspecified atom stereocenters. The maximum absolute atomic E-state index is 11.2. The van der Waals surface area contributed by atoms with Gasteiger partial charge in [-0.15, -0.1) is 0 Å². The number of nitrogens with one attached hydrogen (secondary N) is 1. The van der Waals surface area contributed by atoms with E-state index in [4.69, 9.17) is 10.7 Å². The molecule has 3 aromatic rings. The number of rotatable bonds is 7. The van der Waals surface area contributed by atoms with Gasteiger partial charge in [-0.2, -0.15) is 0 Å². The van der Waals surface area contributed by atoms with Crippen LogP contribution in [0.25, 0.3) is 23.1 Å². The third kappa shape index (κ3) is 5.27. The minimum absolute atomic E-state index is 0.257. The van der Waals surface area contributed by atoms with Crippen molar-refractivity contribution in [2.75, 3.05) is 18.4 Å². The summed E-state index contributed by atoms with van der Waals surface area (Å²) in [7, 11) is 0. The van der Waals surface area contributed by atoms with Gasteiger partial charge in [0.1, 0.15) is 5.82 Å². The van der Waals surface area contributed by atoms with E-state index >= 15 is 0 Å². The predicted molar refractivity (Wildman–Crippen MR) is 125 cm³/mol. The highest BCUT2D eigenvalue weighted by Crippen LogP contribution is 2.29. The number of hydrogen-bond acceptors (Lipinski definition) is 5. The highest BCUT2D eigenvalue weighted by Gasteiger charge is 2.21. The first-order valence-corrected chi connectivity index (χ1v) is 10.8. The second kappa shape index (κ2) is 9.71. The molecule has 0 saturated heterocycles. The van der Waals surface area contributed by atoms with Crippen LogP contribution in [-0.4, -0.2) is 34.1 Å². The highest BCUT2D eigenvalue weighted by molar-refractivity contribution is 5.90. The molecule has 1 fully saturated rings. The molecule has 1 saturated carbocycles. The number of para-hydroxylation sites is 1. The van der Waals surface area contributed by atoms with E-state index in [0.717, 1.165) is 35.4 Å². The molecule has 0 amide bonds. The van der Waals surface area contributed by atoms with E-state index in [0.29, 0.717) is 17.7 Å². The van der Waals surface area contributed by atoms with E-state index in [2.05, 4.69) is 10.3 Å². The third-order valence-electron chi connectivity index (χ3n) is 5.96. The van der Waals surface area contributed by atoms with E-state index in [-0.39, 0.29) is 5.56 Å². The Morgan fingerprint density at radius 1 is 1.10 bits per heavy atom. The summed E-state index contributed by atoms with van der Waals surface area (Å²) in [5.74, 6) is 1.71. The lowest BCUT2D eigenvalue weighted by Crippen LogP contribution is -2.26. The van der Waals surface area contributed by atoms with Crippen molar-refractivity contribution in [2.24, 2.45) is 17.6 Å². The van der Waals surface area contributed by atoms with Crippen molar-refractivity contribution in [1.29, 1.82) is 0 Å². The molecule has 31 heavy (non-hydrogen) atoms. The molecule has 2 aromatic carbocycles. The van der Waals surface area contributed by atoms with Gasteiger partial charge >= 0.3 is 5.97 Å². The van der Waals surface area contributed by atoms with Crippen LogP contribution in [0.4, 0.5) is 5.82 Å². The summed E-state index contributed by atoms with van der Waals surface area (Å²) in [5, 5.41) is 13.7. The molecule has 160 valence electrons. The van der Waals surface area contributed by atoms with Crippen LogP contribution >= 0.6 is 0 Å². The summed E-state index contributed by atoms with van der Waals surface area (Å²) < 4.78 is 0. The molecule has 1 aliphatic rings. The van der Waals surface area contributed by atoms with Crippen LogP contribution in [0, 0.1) is 11.8 Å². The molecule has 0 spiro atoms. The molecular formula is C25H28N4O2. The summed E-state index contributed by atoms with van der Waals surface area (Å²) in [6.45, 7) is 1.65. The highest BCUT2D eigenvalue weighted by atomic mass is 16.4. The summed E-state index contributed by atoms with van der Waals surface area (Å²) in [5.41, 5.74) is 7.82. The van der Waals surface area contributed by atoms with Crippen LogP contribution in [0.2, 0.25) is 0 Å². The topological polar surface area (TPSA) is 101 Å². The molecule has 6 heteroatoms. The number of nitrogens with two attached hydrogens (primary N) is 1. The number of carbonyl (C=O) groups is 1. The number of carboxylic acids is 1. The Morgan fingerprint density at radius 2 is 1.94 bits per heavy atom. The minimum Gasteiger partial charge on any atom is -0.478 e. The van der Waals surface area contributed by atoms with E-state index < -0.39 is 5.97 Å². The zero-order valence-corrected chi connectivity index (χ0v) is 17.5. The monoisotopic (exact) mass is 416 g/mol. The Morgan fingerprint density at radius 3 is 2.77 bits per heavy atom. The number of hydrogen-bond donors (Lipinski definition) is 3. The van der Waals surface area contributed by atoms with Crippen molar-refractivity contribution in [3.05, 3.63) is 65.5 Å². The smallest absolute Gasteiger partial charge is 0.335 e. The van der Waals surface area contributed by atoms with E-state index in [1.165, 1.54) is 25.7 Å². The fraction of sp³-hybridized carbons (Fsp3) is 0.320. The first-order valence-electron chi connectivity index (χ1n) is 10.8. The van der Waals surface area contributed by atoms with Gasteiger partial charge in [-0.25, -0.2) is 14.8 Å². The first kappa shape index (κ1) is 21.0. The fourth-order valence-electron chi connectivity index (χ4n) is 4.29. The summed E-state index contributed by atoms with van der Waals surface area (Å²) >= 11 is 0. The minimum atomic E-state index is -0.941. The van der Waals surface area contributed by atoms with Gasteiger partial charge in [0.15, 0.2) is 5.82 Å². The number of carboxylic acid groups (broad SMARTS) is 1. The van der Waals surface area contributed by atoms with Crippen LogP contribution in [-0.2, 0) is 0 Å². The van der Waals surface area contributed by atoms with E-state index in [1.807, 2.05) is 42.5 Å². The second-order valence-electron chi connectivity index (χ2n) is 8.23. The van der Waals surface area contributed by atoms with Crippen molar-refractivity contribution < 1.29 is 9.90 Å². The maximum atomic E-state index is 11.2. The number of benzene rings is 2. The number of aromatic carboxylic acids is 1. The molecule has 6 nitrogen and oxygen atoms in total. The van der Waals surface area contributed by atoms with Gasteiger partial charge in [0.2, 0.25) is 0 Å². The molecule has 4 rings (SSSR count). The van der Waals surface area contributed by atoms with E-state index in [9.17, 15) is 9.90 Å². The number of nitrogens with zero attached hydrogens (tertiary/aromatic N) is 2. The third-order valence-corrected chi connectivity index (χ3v) is 5.96. The Labute approximate surface area is 182 Å². The lowest BCUT2D eigenvalue weighted by Gasteiger charge is -2.28. The molecule has 0 radical (unpaired) electrons. The average molecular weight is 417 g/mol. The van der Waals surface area contributed by atoms with Crippen LogP contribution < -0.4 is 11.1 Å². The van der Waals surface area contributed by atoms with Crippen molar-refractivity contribution in [3.63, 3.8) is 0 Å². The normalized spacial score (nSPS) is 19.0. The molecule has 1 heterocycles. The van der Waals surface area contributed by atoms with Gasteiger partial charge in [0.25, 0.3) is 0 Å². The first-order chi connectivity index (χ1) is 15.1. The average Bonchev–Trinajstić information content (AvgIpc) is 2.81. The molecule has 1 aliphatic carbocycles. The zero-order valence-electron chi connectivity index (χ0n) is 17.5. The van der Waals surface area contributed by atoms with Crippen molar-refractivity contribution >= 4 is 34.8 Å². The summed E-state index contributed by atoms with van der Waals surface area (Å²) in [6, 6.07) is 14.8. The van der Waals surface area contributed by atoms with Gasteiger partial charge < -0.3 is 16.2 Å². The van der Waals surface area contributed by atoms with Gasteiger partial charge in [-0.1, -0.05) is 36.8 Å². The van der Waals surface area contributed by atoms with Gasteiger partial charge in [0, 0.05) is 11.9 Å². The summed E-state index contributed by atoms with van der Waals surface area (Å²) in [4.78, 5) is 20.6. The lowest BCUT2D eigenvalue weighted by molar-refractivity contribution is 0.0697.